The van der Waals surface area contributed by atoms with Crippen molar-refractivity contribution >= 4 is 46.2 Å². The highest BCUT2D eigenvalue weighted by Crippen LogP contribution is 2.32. The van der Waals surface area contributed by atoms with E-state index in [0.717, 1.165) is 18.5 Å². The van der Waals surface area contributed by atoms with Gasteiger partial charge >= 0.3 is 0 Å². The molecule has 134 valence electrons. The minimum atomic E-state index is -0.225. The molecular formula is C18H18N4O2S2. The molecule has 1 N–H and O–H groups in total. The summed E-state index contributed by atoms with van der Waals surface area (Å²) < 4.78 is 2.36. The molecule has 2 heterocycles. The number of thiocarbonyl (C=S) groups is 1. The Hall–Kier alpha value is -2.45. The molecule has 1 saturated heterocycles. The Morgan fingerprint density at radius 3 is 2.85 bits per heavy atom. The van der Waals surface area contributed by atoms with Crippen LogP contribution in [0.15, 0.2) is 54.0 Å². The molecule has 0 atom stereocenters. The molecule has 6 nitrogen and oxygen atoms in total. The van der Waals surface area contributed by atoms with Crippen molar-refractivity contribution in [3.8, 4) is 0 Å². The quantitative estimate of drug-likeness (QED) is 0.449. The smallest absolute Gasteiger partial charge is 0.266 e. The molecule has 0 spiro atoms. The molecule has 0 saturated carbocycles. The van der Waals surface area contributed by atoms with E-state index in [1.165, 1.54) is 16.7 Å². The number of aryl methyl sites for hydroxylation is 1. The summed E-state index contributed by atoms with van der Waals surface area (Å²) >= 11 is 6.48. The van der Waals surface area contributed by atoms with E-state index in [1.54, 1.807) is 18.6 Å². The molecule has 1 aliphatic rings. The van der Waals surface area contributed by atoms with Gasteiger partial charge < -0.3 is 9.88 Å². The summed E-state index contributed by atoms with van der Waals surface area (Å²) in [4.78, 5) is 30.5. The molecule has 26 heavy (non-hydrogen) atoms. The maximum absolute atomic E-state index is 12.5. The summed E-state index contributed by atoms with van der Waals surface area (Å²) in [6.07, 6.45) is 7.91. The van der Waals surface area contributed by atoms with Crippen LogP contribution in [0.5, 0.6) is 0 Å². The summed E-state index contributed by atoms with van der Waals surface area (Å²) in [5.41, 5.74) is 0.928. The highest BCUT2D eigenvalue weighted by Gasteiger charge is 2.33. The average molecular weight is 387 g/mol. The van der Waals surface area contributed by atoms with Gasteiger partial charge in [0.1, 0.15) is 10.9 Å². The SMILES string of the molecule is O=C(CN1C(=O)C(=Cc2ccccc2)SC1=S)NCCCn1ccnc1. The van der Waals surface area contributed by atoms with Gasteiger partial charge in [0.15, 0.2) is 0 Å². The highest BCUT2D eigenvalue weighted by atomic mass is 32.2. The van der Waals surface area contributed by atoms with E-state index in [4.69, 9.17) is 12.2 Å². The van der Waals surface area contributed by atoms with Crippen LogP contribution in [0.4, 0.5) is 0 Å². The van der Waals surface area contributed by atoms with Crippen molar-refractivity contribution in [1.82, 2.24) is 19.8 Å². The first-order chi connectivity index (χ1) is 12.6. The Morgan fingerprint density at radius 1 is 1.31 bits per heavy atom. The van der Waals surface area contributed by atoms with Gasteiger partial charge in [-0.15, -0.1) is 0 Å². The van der Waals surface area contributed by atoms with Crippen LogP contribution in [0.2, 0.25) is 0 Å². The molecule has 0 aliphatic carbocycles. The number of amides is 2. The lowest BCUT2D eigenvalue weighted by atomic mass is 10.2. The fourth-order valence-electron chi connectivity index (χ4n) is 2.44. The normalized spacial score (nSPS) is 15.7. The second-order valence-electron chi connectivity index (χ2n) is 5.68. The predicted octanol–water partition coefficient (Wildman–Crippen LogP) is 2.29. The molecule has 1 aromatic carbocycles. The number of carbonyl (C=O) groups excluding carboxylic acids is 2. The van der Waals surface area contributed by atoms with Crippen molar-refractivity contribution in [2.75, 3.05) is 13.1 Å². The molecule has 1 aliphatic heterocycles. The Labute approximate surface area is 161 Å². The maximum Gasteiger partial charge on any atom is 0.266 e. The van der Waals surface area contributed by atoms with E-state index in [1.807, 2.05) is 41.1 Å². The van der Waals surface area contributed by atoms with Gasteiger partial charge in [0.2, 0.25) is 5.91 Å². The molecule has 0 unspecified atom stereocenters. The lowest BCUT2D eigenvalue weighted by molar-refractivity contribution is -0.128. The van der Waals surface area contributed by atoms with Gasteiger partial charge in [0.05, 0.1) is 11.2 Å². The Kier molecular flexibility index (Phi) is 6.19. The highest BCUT2D eigenvalue weighted by molar-refractivity contribution is 8.26. The van der Waals surface area contributed by atoms with Gasteiger partial charge in [-0.1, -0.05) is 54.3 Å². The van der Waals surface area contributed by atoms with Crippen LogP contribution >= 0.6 is 24.0 Å². The summed E-state index contributed by atoms with van der Waals surface area (Å²) in [7, 11) is 0. The average Bonchev–Trinajstić information content (AvgIpc) is 3.24. The number of nitrogens with one attached hydrogen (secondary N) is 1. The lowest BCUT2D eigenvalue weighted by Crippen LogP contribution is -2.39. The minimum absolute atomic E-state index is 0.0537. The largest absolute Gasteiger partial charge is 0.354 e. The summed E-state index contributed by atoms with van der Waals surface area (Å²) in [6, 6.07) is 9.56. The number of hydrogen-bond donors (Lipinski definition) is 1. The number of aromatic nitrogens is 2. The summed E-state index contributed by atoms with van der Waals surface area (Å²) in [5, 5.41) is 2.82. The molecule has 0 bridgehead atoms. The number of hydrogen-bond acceptors (Lipinski definition) is 5. The maximum atomic E-state index is 12.5. The molecule has 1 aromatic heterocycles. The Bertz CT molecular complexity index is 819. The molecule has 2 amide bonds. The number of benzene rings is 1. The molecule has 8 heteroatoms. The molecule has 3 rings (SSSR count). The Morgan fingerprint density at radius 2 is 2.12 bits per heavy atom. The van der Waals surface area contributed by atoms with Gasteiger partial charge in [-0.25, -0.2) is 4.98 Å². The molecular weight excluding hydrogens is 368 g/mol. The summed E-state index contributed by atoms with van der Waals surface area (Å²) in [6.45, 7) is 1.26. The second kappa shape index (κ2) is 8.77. The number of carbonyl (C=O) groups is 2. The van der Waals surface area contributed by atoms with Gasteiger partial charge in [0, 0.05) is 25.5 Å². The van der Waals surface area contributed by atoms with E-state index >= 15 is 0 Å². The first-order valence-electron chi connectivity index (χ1n) is 8.16. The van der Waals surface area contributed by atoms with Crippen molar-refractivity contribution in [2.45, 2.75) is 13.0 Å². The van der Waals surface area contributed by atoms with Crippen molar-refractivity contribution in [2.24, 2.45) is 0 Å². The molecule has 0 radical (unpaired) electrons. The van der Waals surface area contributed by atoms with Gasteiger partial charge in [-0.2, -0.15) is 0 Å². The van der Waals surface area contributed by atoms with Crippen molar-refractivity contribution in [1.29, 1.82) is 0 Å². The summed E-state index contributed by atoms with van der Waals surface area (Å²) in [5.74, 6) is -0.440. The van der Waals surface area contributed by atoms with E-state index < -0.39 is 0 Å². The van der Waals surface area contributed by atoms with Crippen molar-refractivity contribution < 1.29 is 9.59 Å². The van der Waals surface area contributed by atoms with Gasteiger partial charge in [0.25, 0.3) is 5.91 Å². The van der Waals surface area contributed by atoms with Crippen LogP contribution in [0.25, 0.3) is 6.08 Å². The van der Waals surface area contributed by atoms with E-state index in [0.29, 0.717) is 15.8 Å². The zero-order valence-electron chi connectivity index (χ0n) is 14.0. The third kappa shape index (κ3) is 4.80. The molecule has 1 fully saturated rings. The lowest BCUT2D eigenvalue weighted by Gasteiger charge is -2.14. The van der Waals surface area contributed by atoms with Crippen LogP contribution in [0.1, 0.15) is 12.0 Å². The van der Waals surface area contributed by atoms with Crippen molar-refractivity contribution in [3.63, 3.8) is 0 Å². The number of rotatable bonds is 7. The van der Waals surface area contributed by atoms with Gasteiger partial charge in [-0.3, -0.25) is 14.5 Å². The fourth-order valence-corrected chi connectivity index (χ4v) is 3.70. The van der Waals surface area contributed by atoms with Crippen LogP contribution in [-0.2, 0) is 16.1 Å². The van der Waals surface area contributed by atoms with Crippen LogP contribution in [-0.4, -0.2) is 43.7 Å². The van der Waals surface area contributed by atoms with Crippen LogP contribution in [0.3, 0.4) is 0 Å². The zero-order valence-corrected chi connectivity index (χ0v) is 15.6. The van der Waals surface area contributed by atoms with Gasteiger partial charge in [-0.05, 0) is 18.1 Å². The standard InChI is InChI=1S/C18H18N4O2S2/c23-16(20-7-4-9-21-10-8-19-13-21)12-22-17(24)15(26-18(22)25)11-14-5-2-1-3-6-14/h1-3,5-6,8,10-11,13H,4,7,9,12H2,(H,20,23). The number of nitrogens with zero attached hydrogens (tertiary/aromatic N) is 3. The first kappa shape index (κ1) is 18.3. The van der Waals surface area contributed by atoms with E-state index in [2.05, 4.69) is 10.3 Å². The third-order valence-electron chi connectivity index (χ3n) is 3.75. The number of thioether (sulfide) groups is 1. The monoisotopic (exact) mass is 386 g/mol. The van der Waals surface area contributed by atoms with Crippen LogP contribution in [0, 0.1) is 0 Å². The van der Waals surface area contributed by atoms with E-state index in [9.17, 15) is 9.59 Å². The van der Waals surface area contributed by atoms with Crippen LogP contribution < -0.4 is 5.32 Å². The Balaban J connectivity index is 1.49. The fraction of sp³-hybridized carbons (Fsp3) is 0.222. The minimum Gasteiger partial charge on any atom is -0.354 e. The zero-order chi connectivity index (χ0) is 18.4. The van der Waals surface area contributed by atoms with E-state index in [-0.39, 0.29) is 18.4 Å². The van der Waals surface area contributed by atoms with Crippen molar-refractivity contribution in [3.05, 3.63) is 59.5 Å². The topological polar surface area (TPSA) is 67.2 Å². The second-order valence-corrected chi connectivity index (χ2v) is 7.36. The third-order valence-corrected chi connectivity index (χ3v) is 5.12. The first-order valence-corrected chi connectivity index (χ1v) is 9.39. The molecule has 2 aromatic rings. The number of imidazole rings is 1. The predicted molar refractivity (Wildman–Crippen MR) is 106 cm³/mol.